The van der Waals surface area contributed by atoms with E-state index in [1.54, 1.807) is 13.8 Å². The fourth-order valence-electron chi connectivity index (χ4n) is 2.92. The molecule has 1 atom stereocenters. The highest BCUT2D eigenvalue weighted by atomic mass is 32.2. The second-order valence-electron chi connectivity index (χ2n) is 6.21. The van der Waals surface area contributed by atoms with E-state index in [4.69, 9.17) is 0 Å². The summed E-state index contributed by atoms with van der Waals surface area (Å²) in [6.45, 7) is 7.56. The number of hydrogen-bond donors (Lipinski definition) is 1. The second-order valence-corrected chi connectivity index (χ2v) is 10.1. The van der Waals surface area contributed by atoms with Gasteiger partial charge in [-0.25, -0.2) is 21.6 Å². The number of benzene rings is 1. The Morgan fingerprint density at radius 1 is 1.14 bits per heavy atom. The standard InChI is InChI=1S/C15H23NO4S2/c1-10-7-11(2)13(4)15(12(10)3)22(19,20)16-8-14-5-6-21(17,18)9-14/h7,14,16H,5-6,8-9H2,1-4H3/t14-/m1/s1. The SMILES string of the molecule is Cc1cc(C)c(C)c(S(=O)(=O)NC[C@H]2CCS(=O)(=O)C2)c1C. The first-order valence-electron chi connectivity index (χ1n) is 7.31. The maximum absolute atomic E-state index is 12.6. The lowest BCUT2D eigenvalue weighted by atomic mass is 10.0. The molecule has 0 aromatic heterocycles. The van der Waals surface area contributed by atoms with Crippen LogP contribution in [0, 0.1) is 33.6 Å². The van der Waals surface area contributed by atoms with Gasteiger partial charge in [0.05, 0.1) is 16.4 Å². The molecule has 7 heteroatoms. The molecule has 1 fully saturated rings. The summed E-state index contributed by atoms with van der Waals surface area (Å²) in [6, 6.07) is 1.98. The first kappa shape index (κ1) is 17.4. The van der Waals surface area contributed by atoms with Crippen LogP contribution >= 0.6 is 0 Å². The van der Waals surface area contributed by atoms with E-state index in [2.05, 4.69) is 4.72 Å². The molecule has 1 heterocycles. The van der Waals surface area contributed by atoms with Crippen molar-refractivity contribution in [2.45, 2.75) is 39.0 Å². The van der Waals surface area contributed by atoms with Gasteiger partial charge in [0.2, 0.25) is 10.0 Å². The lowest BCUT2D eigenvalue weighted by molar-refractivity contribution is 0.542. The number of sulfonamides is 1. The average molecular weight is 345 g/mol. The van der Waals surface area contributed by atoms with E-state index in [1.165, 1.54) is 0 Å². The van der Waals surface area contributed by atoms with Crippen molar-refractivity contribution in [1.29, 1.82) is 0 Å². The second kappa shape index (κ2) is 5.94. The third-order valence-corrected chi connectivity index (χ3v) is 7.99. The van der Waals surface area contributed by atoms with Gasteiger partial charge in [0.1, 0.15) is 0 Å². The van der Waals surface area contributed by atoms with E-state index in [1.807, 2.05) is 19.9 Å². The van der Waals surface area contributed by atoms with Crippen LogP contribution in [0.3, 0.4) is 0 Å². The maximum Gasteiger partial charge on any atom is 0.241 e. The van der Waals surface area contributed by atoms with Crippen LogP contribution in [0.4, 0.5) is 0 Å². The van der Waals surface area contributed by atoms with Crippen LogP contribution < -0.4 is 4.72 Å². The van der Waals surface area contributed by atoms with Crippen molar-refractivity contribution in [2.75, 3.05) is 18.1 Å². The minimum Gasteiger partial charge on any atom is -0.229 e. The highest BCUT2D eigenvalue weighted by Crippen LogP contribution is 2.26. The third kappa shape index (κ3) is 3.52. The molecule has 124 valence electrons. The molecule has 1 aliphatic heterocycles. The van der Waals surface area contributed by atoms with Gasteiger partial charge in [-0.2, -0.15) is 0 Å². The van der Waals surface area contributed by atoms with Gasteiger partial charge in [0.15, 0.2) is 9.84 Å². The fraction of sp³-hybridized carbons (Fsp3) is 0.600. The monoisotopic (exact) mass is 345 g/mol. The first-order valence-corrected chi connectivity index (χ1v) is 10.6. The Bertz CT molecular complexity index is 769. The number of hydrogen-bond acceptors (Lipinski definition) is 4. The Kier molecular flexibility index (Phi) is 4.71. The van der Waals surface area contributed by atoms with Gasteiger partial charge in [-0.15, -0.1) is 0 Å². The van der Waals surface area contributed by atoms with Crippen LogP contribution in [0.2, 0.25) is 0 Å². The molecule has 0 unspecified atom stereocenters. The van der Waals surface area contributed by atoms with Crippen LogP contribution in [0.1, 0.15) is 28.7 Å². The summed E-state index contributed by atoms with van der Waals surface area (Å²) in [6.07, 6.45) is 0.523. The number of sulfone groups is 1. The molecule has 0 saturated carbocycles. The van der Waals surface area contributed by atoms with E-state index < -0.39 is 19.9 Å². The molecule has 1 aromatic rings. The average Bonchev–Trinajstić information content (AvgIpc) is 2.74. The fourth-order valence-corrected chi connectivity index (χ4v) is 6.51. The molecule has 0 radical (unpaired) electrons. The minimum absolute atomic E-state index is 0.0698. The van der Waals surface area contributed by atoms with Gasteiger partial charge in [-0.05, 0) is 62.3 Å². The van der Waals surface area contributed by atoms with Crippen LogP contribution in [-0.4, -0.2) is 34.9 Å². The normalized spacial score (nSPS) is 21.2. The molecule has 2 rings (SSSR count). The summed E-state index contributed by atoms with van der Waals surface area (Å²) in [5.74, 6) is 0.0905. The Morgan fingerprint density at radius 2 is 1.68 bits per heavy atom. The predicted octanol–water partition coefficient (Wildman–Crippen LogP) is 1.63. The summed E-state index contributed by atoms with van der Waals surface area (Å²) in [7, 11) is -6.63. The highest BCUT2D eigenvalue weighted by Gasteiger charge is 2.30. The number of rotatable bonds is 4. The largest absolute Gasteiger partial charge is 0.241 e. The molecule has 0 amide bonds. The van der Waals surface area contributed by atoms with Gasteiger partial charge in [0.25, 0.3) is 0 Å². The molecule has 22 heavy (non-hydrogen) atoms. The summed E-state index contributed by atoms with van der Waals surface area (Å²) in [5.41, 5.74) is 3.36. The van der Waals surface area contributed by atoms with Crippen LogP contribution in [-0.2, 0) is 19.9 Å². The maximum atomic E-state index is 12.6. The molecule has 0 aliphatic carbocycles. The van der Waals surface area contributed by atoms with Crippen molar-refractivity contribution in [3.8, 4) is 0 Å². The van der Waals surface area contributed by atoms with Crippen molar-refractivity contribution in [2.24, 2.45) is 5.92 Å². The molecule has 5 nitrogen and oxygen atoms in total. The van der Waals surface area contributed by atoms with Gasteiger partial charge >= 0.3 is 0 Å². The van der Waals surface area contributed by atoms with E-state index >= 15 is 0 Å². The number of aryl methyl sites for hydroxylation is 2. The zero-order chi connectivity index (χ0) is 16.7. The Morgan fingerprint density at radius 3 is 2.14 bits per heavy atom. The minimum atomic E-state index is -3.64. The lowest BCUT2D eigenvalue weighted by Gasteiger charge is -2.17. The summed E-state index contributed by atoms with van der Waals surface area (Å²) in [4.78, 5) is 0.325. The van der Waals surface area contributed by atoms with Gasteiger partial charge < -0.3 is 0 Å². The van der Waals surface area contributed by atoms with E-state index in [-0.39, 0.29) is 24.0 Å². The van der Waals surface area contributed by atoms with Crippen LogP contribution in [0.25, 0.3) is 0 Å². The predicted molar refractivity (Wildman–Crippen MR) is 87.3 cm³/mol. The van der Waals surface area contributed by atoms with Crippen LogP contribution in [0.5, 0.6) is 0 Å². The molecule has 0 spiro atoms. The molecule has 1 aliphatic rings. The van der Waals surface area contributed by atoms with Crippen molar-refractivity contribution in [3.63, 3.8) is 0 Å². The topological polar surface area (TPSA) is 80.3 Å². The van der Waals surface area contributed by atoms with Crippen molar-refractivity contribution in [3.05, 3.63) is 28.3 Å². The lowest BCUT2D eigenvalue weighted by Crippen LogP contribution is -2.31. The Balaban J connectivity index is 2.25. The quantitative estimate of drug-likeness (QED) is 0.899. The summed E-state index contributed by atoms with van der Waals surface area (Å²) < 4.78 is 50.8. The smallest absolute Gasteiger partial charge is 0.229 e. The van der Waals surface area contributed by atoms with Crippen molar-refractivity contribution in [1.82, 2.24) is 4.72 Å². The highest BCUT2D eigenvalue weighted by molar-refractivity contribution is 7.91. The molecule has 1 saturated heterocycles. The van der Waals surface area contributed by atoms with Crippen molar-refractivity contribution < 1.29 is 16.8 Å². The van der Waals surface area contributed by atoms with Gasteiger partial charge in [0, 0.05) is 6.54 Å². The Hall–Kier alpha value is -0.920. The zero-order valence-corrected chi connectivity index (χ0v) is 15.1. The molecular weight excluding hydrogens is 322 g/mol. The van der Waals surface area contributed by atoms with E-state index in [0.717, 1.165) is 22.3 Å². The summed E-state index contributed by atoms with van der Waals surface area (Å²) in [5, 5.41) is 0. The molecule has 1 N–H and O–H groups in total. The number of nitrogens with one attached hydrogen (secondary N) is 1. The van der Waals surface area contributed by atoms with E-state index in [0.29, 0.717) is 11.3 Å². The van der Waals surface area contributed by atoms with Crippen molar-refractivity contribution >= 4 is 19.9 Å². The molecule has 1 aromatic carbocycles. The molecular formula is C15H23NO4S2. The first-order chi connectivity index (χ1) is 10.0. The summed E-state index contributed by atoms with van der Waals surface area (Å²) >= 11 is 0. The zero-order valence-electron chi connectivity index (χ0n) is 13.4. The third-order valence-electron chi connectivity index (χ3n) is 4.45. The molecule has 0 bridgehead atoms. The Labute approximate surface area is 133 Å². The van der Waals surface area contributed by atoms with Crippen LogP contribution in [0.15, 0.2) is 11.0 Å². The van der Waals surface area contributed by atoms with E-state index in [9.17, 15) is 16.8 Å². The van der Waals surface area contributed by atoms with Gasteiger partial charge in [-0.1, -0.05) is 6.07 Å². The van der Waals surface area contributed by atoms with Gasteiger partial charge in [-0.3, -0.25) is 0 Å².